The number of hydrogen-bond donors (Lipinski definition) is 1. The second-order valence-corrected chi connectivity index (χ2v) is 7.91. The number of halogens is 1. The zero-order chi connectivity index (χ0) is 17.7. The van der Waals surface area contributed by atoms with Gasteiger partial charge < -0.3 is 9.80 Å². The van der Waals surface area contributed by atoms with Crippen molar-refractivity contribution in [1.82, 2.24) is 20.0 Å². The predicted octanol–water partition coefficient (Wildman–Crippen LogP) is 3.40. The van der Waals surface area contributed by atoms with E-state index in [4.69, 9.17) is 0 Å². The maximum absolute atomic E-state index is 14.9. The van der Waals surface area contributed by atoms with Crippen LogP contribution in [0.2, 0.25) is 0 Å². The normalized spacial score (nSPS) is 27.5. The van der Waals surface area contributed by atoms with E-state index in [0.717, 1.165) is 68.6 Å². The Hall–Kier alpha value is -2.37. The molecule has 0 spiro atoms. The largest absolute Gasteiger partial charge is 0.325 e. The Bertz CT molecular complexity index is 830. The molecule has 5 rings (SSSR count). The van der Waals surface area contributed by atoms with Gasteiger partial charge in [0, 0.05) is 43.4 Å². The number of fused-ring (bicyclic) bond motifs is 1. The number of amides is 2. The van der Waals surface area contributed by atoms with Gasteiger partial charge in [0.25, 0.3) is 0 Å². The standard InChI is InChI=1S/C20H23FN4O/c21-18-9-14(15-11-22-23-12-15)3-4-17(18)20-5-8-25(13-16(20)10-20)19(26)24-6-1-2-7-24/h3-4,9,11-12,16H,1-2,5-8,10,13H2,(H,22,23)/t16-,20+/m1/s1. The molecule has 3 heterocycles. The summed E-state index contributed by atoms with van der Waals surface area (Å²) < 4.78 is 14.9. The van der Waals surface area contributed by atoms with E-state index < -0.39 is 0 Å². The zero-order valence-corrected chi connectivity index (χ0v) is 14.7. The van der Waals surface area contributed by atoms with Gasteiger partial charge >= 0.3 is 6.03 Å². The molecular weight excluding hydrogens is 331 g/mol. The Balaban J connectivity index is 1.33. The van der Waals surface area contributed by atoms with Crippen molar-refractivity contribution in [1.29, 1.82) is 0 Å². The lowest BCUT2D eigenvalue weighted by molar-refractivity contribution is 0.146. The first-order valence-electron chi connectivity index (χ1n) is 9.50. The highest BCUT2D eigenvalue weighted by Crippen LogP contribution is 2.60. The lowest BCUT2D eigenvalue weighted by atomic mass is 9.86. The highest BCUT2D eigenvalue weighted by atomic mass is 19.1. The molecule has 0 radical (unpaired) electrons. The molecule has 2 atom stereocenters. The van der Waals surface area contributed by atoms with Gasteiger partial charge in [-0.15, -0.1) is 0 Å². The van der Waals surface area contributed by atoms with Crippen LogP contribution in [0.5, 0.6) is 0 Å². The van der Waals surface area contributed by atoms with Gasteiger partial charge in [-0.3, -0.25) is 5.10 Å². The van der Waals surface area contributed by atoms with Crippen molar-refractivity contribution >= 4 is 6.03 Å². The highest BCUT2D eigenvalue weighted by molar-refractivity contribution is 5.75. The summed E-state index contributed by atoms with van der Waals surface area (Å²) in [7, 11) is 0. The lowest BCUT2D eigenvalue weighted by Crippen LogP contribution is -2.46. The average Bonchev–Trinajstić information content (AvgIpc) is 3.05. The van der Waals surface area contributed by atoms with E-state index in [1.54, 1.807) is 18.5 Å². The summed E-state index contributed by atoms with van der Waals surface area (Å²) in [6.45, 7) is 3.26. The van der Waals surface area contributed by atoms with Crippen LogP contribution in [-0.4, -0.2) is 52.2 Å². The number of likely N-dealkylation sites (tertiary alicyclic amines) is 2. The molecule has 1 N–H and O–H groups in total. The molecule has 3 aliphatic rings. The van der Waals surface area contributed by atoms with E-state index in [9.17, 15) is 9.18 Å². The number of aromatic amines is 1. The number of hydrogen-bond acceptors (Lipinski definition) is 2. The van der Waals surface area contributed by atoms with E-state index in [2.05, 4.69) is 10.2 Å². The molecule has 6 heteroatoms. The molecule has 1 aromatic heterocycles. The Morgan fingerprint density at radius 2 is 2.04 bits per heavy atom. The lowest BCUT2D eigenvalue weighted by Gasteiger charge is -2.34. The topological polar surface area (TPSA) is 52.2 Å². The number of nitrogens with one attached hydrogen (secondary N) is 1. The molecule has 1 aromatic carbocycles. The molecule has 2 aliphatic heterocycles. The Kier molecular flexibility index (Phi) is 3.55. The summed E-state index contributed by atoms with van der Waals surface area (Å²) in [4.78, 5) is 16.6. The molecule has 26 heavy (non-hydrogen) atoms. The van der Waals surface area contributed by atoms with Crippen molar-refractivity contribution in [3.63, 3.8) is 0 Å². The van der Waals surface area contributed by atoms with Gasteiger partial charge in [-0.25, -0.2) is 9.18 Å². The van der Waals surface area contributed by atoms with E-state index >= 15 is 0 Å². The summed E-state index contributed by atoms with van der Waals surface area (Å²) >= 11 is 0. The van der Waals surface area contributed by atoms with Gasteiger partial charge in [-0.05, 0) is 48.8 Å². The fourth-order valence-electron chi connectivity index (χ4n) is 4.87. The number of urea groups is 1. The number of H-pyrrole nitrogens is 1. The first-order chi connectivity index (χ1) is 12.7. The van der Waals surface area contributed by atoms with Crippen LogP contribution in [0, 0.1) is 11.7 Å². The van der Waals surface area contributed by atoms with Crippen molar-refractivity contribution in [2.75, 3.05) is 26.2 Å². The van der Waals surface area contributed by atoms with Crippen LogP contribution in [0.1, 0.15) is 31.2 Å². The van der Waals surface area contributed by atoms with Crippen LogP contribution in [0.25, 0.3) is 11.1 Å². The second kappa shape index (κ2) is 5.83. The monoisotopic (exact) mass is 354 g/mol. The summed E-state index contributed by atoms with van der Waals surface area (Å²) in [5.41, 5.74) is 2.49. The SMILES string of the molecule is O=C(N1CCCC1)N1CC[C@]2(c3ccc(-c4cn[nH]c4)cc3F)C[C@@H]2C1. The summed E-state index contributed by atoms with van der Waals surface area (Å²) in [5, 5.41) is 6.70. The van der Waals surface area contributed by atoms with Gasteiger partial charge in [0.05, 0.1) is 6.20 Å². The third kappa shape index (κ3) is 2.42. The van der Waals surface area contributed by atoms with E-state index in [1.165, 1.54) is 0 Å². The first kappa shape index (κ1) is 15.9. The summed E-state index contributed by atoms with van der Waals surface area (Å²) in [5.74, 6) is 0.252. The van der Waals surface area contributed by atoms with Crippen LogP contribution < -0.4 is 0 Å². The van der Waals surface area contributed by atoms with Crippen molar-refractivity contribution in [2.45, 2.75) is 31.1 Å². The van der Waals surface area contributed by atoms with Gasteiger partial charge in [-0.2, -0.15) is 5.10 Å². The minimum absolute atomic E-state index is 0.0687. The van der Waals surface area contributed by atoms with Gasteiger partial charge in [0.1, 0.15) is 5.82 Å². The molecule has 2 aromatic rings. The molecular formula is C20H23FN4O. The molecule has 2 saturated heterocycles. The van der Waals surface area contributed by atoms with Gasteiger partial charge in [0.2, 0.25) is 0 Å². The number of piperidine rings is 1. The number of carbonyl (C=O) groups excluding carboxylic acids is 1. The Labute approximate surface area is 152 Å². The van der Waals surface area contributed by atoms with Gasteiger partial charge in [0.15, 0.2) is 0 Å². The fourth-order valence-corrected chi connectivity index (χ4v) is 4.87. The van der Waals surface area contributed by atoms with Crippen molar-refractivity contribution in [3.8, 4) is 11.1 Å². The number of rotatable bonds is 2. The van der Waals surface area contributed by atoms with Crippen LogP contribution in [-0.2, 0) is 5.41 Å². The van der Waals surface area contributed by atoms with Gasteiger partial charge in [-0.1, -0.05) is 12.1 Å². The number of nitrogens with zero attached hydrogens (tertiary/aromatic N) is 3. The molecule has 3 fully saturated rings. The molecule has 0 unspecified atom stereocenters. The molecule has 2 amide bonds. The fraction of sp³-hybridized carbons (Fsp3) is 0.500. The van der Waals surface area contributed by atoms with Crippen molar-refractivity contribution in [2.24, 2.45) is 5.92 Å². The second-order valence-electron chi connectivity index (χ2n) is 7.91. The maximum atomic E-state index is 14.9. The smallest absolute Gasteiger partial charge is 0.320 e. The van der Waals surface area contributed by atoms with E-state index in [-0.39, 0.29) is 17.3 Å². The Morgan fingerprint density at radius 3 is 2.73 bits per heavy atom. The molecule has 0 bridgehead atoms. The number of benzene rings is 1. The van der Waals surface area contributed by atoms with Crippen molar-refractivity contribution in [3.05, 3.63) is 42.0 Å². The predicted molar refractivity (Wildman–Crippen MR) is 96.2 cm³/mol. The van der Waals surface area contributed by atoms with Crippen LogP contribution >= 0.6 is 0 Å². The van der Waals surface area contributed by atoms with Crippen molar-refractivity contribution < 1.29 is 9.18 Å². The van der Waals surface area contributed by atoms with E-state index in [0.29, 0.717) is 5.92 Å². The van der Waals surface area contributed by atoms with Crippen LogP contribution in [0.3, 0.4) is 0 Å². The number of carbonyl (C=O) groups is 1. The molecule has 5 nitrogen and oxygen atoms in total. The van der Waals surface area contributed by atoms with E-state index in [1.807, 2.05) is 21.9 Å². The third-order valence-electron chi connectivity index (χ3n) is 6.48. The maximum Gasteiger partial charge on any atom is 0.320 e. The third-order valence-corrected chi connectivity index (χ3v) is 6.48. The Morgan fingerprint density at radius 1 is 1.19 bits per heavy atom. The zero-order valence-electron chi connectivity index (χ0n) is 14.7. The quantitative estimate of drug-likeness (QED) is 0.899. The molecule has 136 valence electrons. The van der Waals surface area contributed by atoms with Crippen LogP contribution in [0.4, 0.5) is 9.18 Å². The van der Waals surface area contributed by atoms with Crippen LogP contribution in [0.15, 0.2) is 30.6 Å². The summed E-state index contributed by atoms with van der Waals surface area (Å²) in [6.07, 6.45) is 7.55. The number of aromatic nitrogens is 2. The minimum Gasteiger partial charge on any atom is -0.325 e. The average molecular weight is 354 g/mol. The molecule has 1 saturated carbocycles. The minimum atomic E-state index is -0.134. The first-order valence-corrected chi connectivity index (χ1v) is 9.50. The summed E-state index contributed by atoms with van der Waals surface area (Å²) in [6, 6.07) is 5.72. The molecule has 1 aliphatic carbocycles. The highest BCUT2D eigenvalue weighted by Gasteiger charge is 2.59.